The number of nitrogens with zero attached hydrogens (tertiary/aromatic N) is 2. The van der Waals surface area contributed by atoms with E-state index in [1.54, 1.807) is 0 Å². The lowest BCUT2D eigenvalue weighted by molar-refractivity contribution is -0.131. The Bertz CT molecular complexity index is 327. The Kier molecular flexibility index (Phi) is 4.61. The third-order valence-corrected chi connectivity index (χ3v) is 5.59. The molecule has 114 valence electrons. The van der Waals surface area contributed by atoms with Gasteiger partial charge in [-0.2, -0.15) is 0 Å². The van der Waals surface area contributed by atoms with Gasteiger partial charge in [0.2, 0.25) is 5.91 Å². The molecule has 20 heavy (non-hydrogen) atoms. The molecule has 0 saturated carbocycles. The van der Waals surface area contributed by atoms with Crippen molar-refractivity contribution < 1.29 is 4.79 Å². The summed E-state index contributed by atoms with van der Waals surface area (Å²) in [6.07, 6.45) is 10.2. The SMILES string of the molecule is CN1C2CCCC1CC(NCC(=O)N1CCCCC1)C2. The van der Waals surface area contributed by atoms with E-state index < -0.39 is 0 Å². The van der Waals surface area contributed by atoms with Crippen LogP contribution in [-0.4, -0.2) is 60.5 Å². The summed E-state index contributed by atoms with van der Waals surface area (Å²) in [7, 11) is 2.28. The molecule has 3 fully saturated rings. The predicted octanol–water partition coefficient (Wildman–Crippen LogP) is 1.60. The summed E-state index contributed by atoms with van der Waals surface area (Å²) < 4.78 is 0. The van der Waals surface area contributed by atoms with Crippen LogP contribution in [0, 0.1) is 0 Å². The number of carbonyl (C=O) groups excluding carboxylic acids is 1. The Labute approximate surface area is 122 Å². The Morgan fingerprint density at radius 3 is 2.35 bits per heavy atom. The molecule has 0 aromatic carbocycles. The molecule has 4 nitrogen and oxygen atoms in total. The fourth-order valence-electron chi connectivity index (χ4n) is 4.27. The van der Waals surface area contributed by atoms with Crippen molar-refractivity contribution in [1.29, 1.82) is 0 Å². The average molecular weight is 279 g/mol. The topological polar surface area (TPSA) is 35.6 Å². The first-order valence-corrected chi connectivity index (χ1v) is 8.47. The number of carbonyl (C=O) groups is 1. The van der Waals surface area contributed by atoms with Crippen molar-refractivity contribution in [3.63, 3.8) is 0 Å². The fraction of sp³-hybridized carbons (Fsp3) is 0.938. The summed E-state index contributed by atoms with van der Waals surface area (Å²) in [5.41, 5.74) is 0. The van der Waals surface area contributed by atoms with E-state index in [4.69, 9.17) is 0 Å². The van der Waals surface area contributed by atoms with Gasteiger partial charge in [-0.1, -0.05) is 6.42 Å². The van der Waals surface area contributed by atoms with Gasteiger partial charge in [0.25, 0.3) is 0 Å². The average Bonchev–Trinajstić information content (AvgIpc) is 2.46. The van der Waals surface area contributed by atoms with Crippen molar-refractivity contribution >= 4 is 5.91 Å². The van der Waals surface area contributed by atoms with E-state index in [9.17, 15) is 4.79 Å². The summed E-state index contributed by atoms with van der Waals surface area (Å²) in [5.74, 6) is 0.314. The number of hydrogen-bond acceptors (Lipinski definition) is 3. The number of amides is 1. The van der Waals surface area contributed by atoms with E-state index in [2.05, 4.69) is 17.3 Å². The number of nitrogens with one attached hydrogen (secondary N) is 1. The Morgan fingerprint density at radius 2 is 1.70 bits per heavy atom. The molecule has 2 bridgehead atoms. The second-order valence-electron chi connectivity index (χ2n) is 6.89. The standard InChI is InChI=1S/C16H29N3O/c1-18-14-6-5-7-15(18)11-13(10-14)17-12-16(20)19-8-3-2-4-9-19/h13-15,17H,2-12H2,1H3. The van der Waals surface area contributed by atoms with Gasteiger partial charge in [-0.05, 0) is 52.0 Å². The predicted molar refractivity (Wildman–Crippen MR) is 80.6 cm³/mol. The maximum atomic E-state index is 12.2. The summed E-state index contributed by atoms with van der Waals surface area (Å²) in [6, 6.07) is 2.03. The molecule has 3 rings (SSSR count). The molecule has 3 aliphatic rings. The molecular weight excluding hydrogens is 250 g/mol. The van der Waals surface area contributed by atoms with Gasteiger partial charge in [0.1, 0.15) is 0 Å². The number of fused-ring (bicyclic) bond motifs is 2. The van der Waals surface area contributed by atoms with Gasteiger partial charge in [-0.15, -0.1) is 0 Å². The van der Waals surface area contributed by atoms with Crippen LogP contribution in [0.1, 0.15) is 51.4 Å². The Balaban J connectivity index is 1.45. The summed E-state index contributed by atoms with van der Waals surface area (Å²) in [6.45, 7) is 2.49. The van der Waals surface area contributed by atoms with Crippen LogP contribution < -0.4 is 5.32 Å². The zero-order valence-electron chi connectivity index (χ0n) is 12.8. The van der Waals surface area contributed by atoms with Crippen molar-refractivity contribution in [3.8, 4) is 0 Å². The second-order valence-corrected chi connectivity index (χ2v) is 6.89. The minimum Gasteiger partial charge on any atom is -0.342 e. The van der Waals surface area contributed by atoms with Crippen LogP contribution in [0.5, 0.6) is 0 Å². The van der Waals surface area contributed by atoms with Crippen LogP contribution in [0.25, 0.3) is 0 Å². The molecule has 3 aliphatic heterocycles. The van der Waals surface area contributed by atoms with E-state index >= 15 is 0 Å². The molecule has 1 amide bonds. The number of likely N-dealkylation sites (tertiary alicyclic amines) is 1. The molecule has 4 heteroatoms. The first-order valence-electron chi connectivity index (χ1n) is 8.47. The van der Waals surface area contributed by atoms with Crippen molar-refractivity contribution in [2.24, 2.45) is 0 Å². The second kappa shape index (κ2) is 6.44. The van der Waals surface area contributed by atoms with E-state index in [0.717, 1.165) is 25.2 Å². The number of piperidine rings is 3. The van der Waals surface area contributed by atoms with Crippen molar-refractivity contribution in [1.82, 2.24) is 15.1 Å². The smallest absolute Gasteiger partial charge is 0.236 e. The van der Waals surface area contributed by atoms with Gasteiger partial charge in [0.05, 0.1) is 6.54 Å². The lowest BCUT2D eigenvalue weighted by Crippen LogP contribution is -2.55. The quantitative estimate of drug-likeness (QED) is 0.852. The minimum atomic E-state index is 0.314. The van der Waals surface area contributed by atoms with Crippen molar-refractivity contribution in [2.75, 3.05) is 26.7 Å². The maximum Gasteiger partial charge on any atom is 0.236 e. The molecule has 2 atom stereocenters. The lowest BCUT2D eigenvalue weighted by Gasteiger charge is -2.47. The molecule has 0 radical (unpaired) electrons. The van der Waals surface area contributed by atoms with Crippen LogP contribution in [0.15, 0.2) is 0 Å². The van der Waals surface area contributed by atoms with Crippen molar-refractivity contribution in [3.05, 3.63) is 0 Å². The van der Waals surface area contributed by atoms with Gasteiger partial charge in [0, 0.05) is 31.2 Å². The molecule has 2 unspecified atom stereocenters. The summed E-state index contributed by atoms with van der Waals surface area (Å²) >= 11 is 0. The molecule has 1 N–H and O–H groups in total. The minimum absolute atomic E-state index is 0.314. The third-order valence-electron chi connectivity index (χ3n) is 5.59. The van der Waals surface area contributed by atoms with Crippen LogP contribution in [0.2, 0.25) is 0 Å². The molecule has 0 aromatic rings. The highest BCUT2D eigenvalue weighted by Crippen LogP contribution is 2.32. The summed E-state index contributed by atoms with van der Waals surface area (Å²) in [5, 5.41) is 3.55. The largest absolute Gasteiger partial charge is 0.342 e. The zero-order valence-corrected chi connectivity index (χ0v) is 12.8. The fourth-order valence-corrected chi connectivity index (χ4v) is 4.27. The molecular formula is C16H29N3O. The zero-order chi connectivity index (χ0) is 13.9. The van der Waals surface area contributed by atoms with Gasteiger partial charge in [-0.3, -0.25) is 4.79 Å². The normalized spacial score (nSPS) is 35.0. The van der Waals surface area contributed by atoms with Gasteiger partial charge >= 0.3 is 0 Å². The first kappa shape index (κ1) is 14.3. The van der Waals surface area contributed by atoms with Crippen molar-refractivity contribution in [2.45, 2.75) is 69.5 Å². The van der Waals surface area contributed by atoms with E-state index in [1.807, 2.05) is 4.90 Å². The maximum absolute atomic E-state index is 12.2. The van der Waals surface area contributed by atoms with Gasteiger partial charge < -0.3 is 15.1 Å². The molecule has 3 saturated heterocycles. The van der Waals surface area contributed by atoms with Gasteiger partial charge in [-0.25, -0.2) is 0 Å². The summed E-state index contributed by atoms with van der Waals surface area (Å²) in [4.78, 5) is 16.8. The highest BCUT2D eigenvalue weighted by molar-refractivity contribution is 5.78. The monoisotopic (exact) mass is 279 g/mol. The molecule has 3 heterocycles. The Hall–Kier alpha value is -0.610. The van der Waals surface area contributed by atoms with Gasteiger partial charge in [0.15, 0.2) is 0 Å². The molecule has 0 aliphatic carbocycles. The van der Waals surface area contributed by atoms with E-state index in [1.165, 1.54) is 51.4 Å². The van der Waals surface area contributed by atoms with Crippen LogP contribution in [-0.2, 0) is 4.79 Å². The Morgan fingerprint density at radius 1 is 1.05 bits per heavy atom. The number of rotatable bonds is 3. The third kappa shape index (κ3) is 3.17. The molecule has 0 aromatic heterocycles. The van der Waals surface area contributed by atoms with Crippen LogP contribution >= 0.6 is 0 Å². The molecule has 0 spiro atoms. The van der Waals surface area contributed by atoms with Crippen LogP contribution in [0.3, 0.4) is 0 Å². The lowest BCUT2D eigenvalue weighted by atomic mass is 9.82. The first-order chi connectivity index (χ1) is 9.74. The number of hydrogen-bond donors (Lipinski definition) is 1. The van der Waals surface area contributed by atoms with E-state index in [-0.39, 0.29) is 0 Å². The highest BCUT2D eigenvalue weighted by Gasteiger charge is 2.35. The van der Waals surface area contributed by atoms with E-state index in [0.29, 0.717) is 18.5 Å². The van der Waals surface area contributed by atoms with Crippen LogP contribution in [0.4, 0.5) is 0 Å². The highest BCUT2D eigenvalue weighted by atomic mass is 16.2.